The second-order valence-corrected chi connectivity index (χ2v) is 6.26. The minimum absolute atomic E-state index is 0.349. The minimum Gasteiger partial charge on any atom is -0.301 e. The Labute approximate surface area is 99.0 Å². The minimum atomic E-state index is 0.349. The van der Waals surface area contributed by atoms with Gasteiger partial charge in [-0.3, -0.25) is 4.90 Å². The topological polar surface area (TPSA) is 30.3 Å². The average molecular weight is 221 g/mol. The molecule has 90 valence electrons. The number of rotatable bonds is 2. The molecule has 2 rings (SSSR count). The summed E-state index contributed by atoms with van der Waals surface area (Å²) in [5.74, 6) is 0. The van der Waals surface area contributed by atoms with Gasteiger partial charge in [-0.25, -0.2) is 0 Å². The van der Waals surface area contributed by atoms with Gasteiger partial charge < -0.3 is 4.90 Å². The molecule has 0 N–H and O–H groups in total. The highest BCUT2D eigenvalue weighted by Gasteiger charge is 2.38. The first-order chi connectivity index (χ1) is 7.52. The summed E-state index contributed by atoms with van der Waals surface area (Å²) in [5.41, 5.74) is 0.349. The van der Waals surface area contributed by atoms with Crippen LogP contribution in [0.4, 0.5) is 0 Å². The molecule has 1 atom stereocenters. The fraction of sp³-hybridized carbons (Fsp3) is 0.923. The van der Waals surface area contributed by atoms with E-state index in [4.69, 9.17) is 5.26 Å². The first-order valence-corrected chi connectivity index (χ1v) is 6.33. The third-order valence-electron chi connectivity index (χ3n) is 3.77. The van der Waals surface area contributed by atoms with Crippen LogP contribution in [-0.2, 0) is 0 Å². The lowest BCUT2D eigenvalue weighted by Crippen LogP contribution is -2.39. The van der Waals surface area contributed by atoms with Gasteiger partial charge in [-0.2, -0.15) is 5.26 Å². The van der Waals surface area contributed by atoms with Crippen LogP contribution in [0.5, 0.6) is 0 Å². The van der Waals surface area contributed by atoms with Gasteiger partial charge in [0.2, 0.25) is 0 Å². The van der Waals surface area contributed by atoms with Crippen LogP contribution in [0.15, 0.2) is 0 Å². The molecule has 2 aliphatic rings. The van der Waals surface area contributed by atoms with Gasteiger partial charge in [-0.1, -0.05) is 13.8 Å². The van der Waals surface area contributed by atoms with Crippen LogP contribution in [0.3, 0.4) is 0 Å². The van der Waals surface area contributed by atoms with Crippen LogP contribution < -0.4 is 0 Å². The smallest absolute Gasteiger partial charge is 0.0638 e. The standard InChI is InChI=1S/C13H23N3/c1-13(2)9-15(3)12(6-7-14)8-16(10-13)11-4-5-11/h11-12H,4-6,8-10H2,1-3H3. The van der Waals surface area contributed by atoms with Crippen molar-refractivity contribution < 1.29 is 0 Å². The SMILES string of the molecule is CN1CC(C)(C)CN(C2CC2)CC1CC#N. The monoisotopic (exact) mass is 221 g/mol. The Bertz CT molecular complexity index is 288. The summed E-state index contributed by atoms with van der Waals surface area (Å²) in [7, 11) is 2.17. The number of nitriles is 1. The molecule has 0 aromatic rings. The van der Waals surface area contributed by atoms with E-state index in [1.165, 1.54) is 19.4 Å². The van der Waals surface area contributed by atoms with E-state index in [1.807, 2.05) is 0 Å². The Hall–Kier alpha value is -0.590. The predicted molar refractivity (Wildman–Crippen MR) is 65.0 cm³/mol. The second-order valence-electron chi connectivity index (χ2n) is 6.26. The van der Waals surface area contributed by atoms with E-state index < -0.39 is 0 Å². The number of likely N-dealkylation sites (N-methyl/N-ethyl adjacent to an activating group) is 1. The summed E-state index contributed by atoms with van der Waals surface area (Å²) in [6, 6.07) is 3.57. The van der Waals surface area contributed by atoms with Crippen LogP contribution >= 0.6 is 0 Å². The van der Waals surface area contributed by atoms with Crippen molar-refractivity contribution in [2.75, 3.05) is 26.7 Å². The fourth-order valence-corrected chi connectivity index (χ4v) is 2.92. The van der Waals surface area contributed by atoms with Gasteiger partial charge in [0.05, 0.1) is 12.5 Å². The van der Waals surface area contributed by atoms with Gasteiger partial charge in [-0.15, -0.1) is 0 Å². The Morgan fingerprint density at radius 1 is 1.31 bits per heavy atom. The fourth-order valence-electron chi connectivity index (χ4n) is 2.92. The van der Waals surface area contributed by atoms with Gasteiger partial charge in [0.1, 0.15) is 0 Å². The van der Waals surface area contributed by atoms with E-state index in [0.717, 1.165) is 19.1 Å². The van der Waals surface area contributed by atoms with Crippen molar-refractivity contribution in [1.29, 1.82) is 5.26 Å². The zero-order valence-corrected chi connectivity index (χ0v) is 10.7. The maximum atomic E-state index is 8.90. The highest BCUT2D eigenvalue weighted by Crippen LogP contribution is 2.33. The van der Waals surface area contributed by atoms with Gasteiger partial charge in [0.25, 0.3) is 0 Å². The molecule has 1 saturated carbocycles. The summed E-state index contributed by atoms with van der Waals surface area (Å²) in [6.45, 7) is 8.05. The quantitative estimate of drug-likeness (QED) is 0.711. The zero-order valence-electron chi connectivity index (χ0n) is 10.7. The molecule has 0 bridgehead atoms. The van der Waals surface area contributed by atoms with Gasteiger partial charge >= 0.3 is 0 Å². The van der Waals surface area contributed by atoms with Crippen molar-refractivity contribution >= 4 is 0 Å². The third-order valence-corrected chi connectivity index (χ3v) is 3.77. The van der Waals surface area contributed by atoms with Crippen molar-refractivity contribution in [3.8, 4) is 6.07 Å². The molecule has 0 spiro atoms. The summed E-state index contributed by atoms with van der Waals surface area (Å²) in [6.07, 6.45) is 3.38. The maximum Gasteiger partial charge on any atom is 0.0638 e. The van der Waals surface area contributed by atoms with E-state index in [9.17, 15) is 0 Å². The molecule has 1 aliphatic heterocycles. The lowest BCUT2D eigenvalue weighted by atomic mass is 9.92. The Kier molecular flexibility index (Phi) is 3.23. The summed E-state index contributed by atoms with van der Waals surface area (Å²) in [4.78, 5) is 5.00. The molecule has 1 heterocycles. The highest BCUT2D eigenvalue weighted by atomic mass is 15.3. The van der Waals surface area contributed by atoms with Crippen molar-refractivity contribution in [3.05, 3.63) is 0 Å². The van der Waals surface area contributed by atoms with Gasteiger partial charge in [-0.05, 0) is 25.3 Å². The van der Waals surface area contributed by atoms with E-state index in [1.54, 1.807) is 0 Å². The summed E-state index contributed by atoms with van der Waals surface area (Å²) >= 11 is 0. The van der Waals surface area contributed by atoms with E-state index in [2.05, 4.69) is 36.8 Å². The number of hydrogen-bond acceptors (Lipinski definition) is 3. The van der Waals surface area contributed by atoms with E-state index >= 15 is 0 Å². The van der Waals surface area contributed by atoms with Crippen LogP contribution in [0.2, 0.25) is 0 Å². The second kappa shape index (κ2) is 4.35. The largest absolute Gasteiger partial charge is 0.301 e. The Balaban J connectivity index is 2.08. The molecule has 16 heavy (non-hydrogen) atoms. The van der Waals surface area contributed by atoms with Crippen molar-refractivity contribution in [2.24, 2.45) is 5.41 Å². The first-order valence-electron chi connectivity index (χ1n) is 6.33. The molecular weight excluding hydrogens is 198 g/mol. The maximum absolute atomic E-state index is 8.90. The molecule has 3 heteroatoms. The molecule has 0 aromatic heterocycles. The summed E-state index contributed by atoms with van der Waals surface area (Å²) in [5, 5.41) is 8.90. The van der Waals surface area contributed by atoms with E-state index in [-0.39, 0.29) is 0 Å². The molecule has 1 saturated heterocycles. The lowest BCUT2D eigenvalue weighted by Gasteiger charge is -2.30. The van der Waals surface area contributed by atoms with Crippen LogP contribution in [0.25, 0.3) is 0 Å². The summed E-state index contributed by atoms with van der Waals surface area (Å²) < 4.78 is 0. The molecule has 0 aromatic carbocycles. The molecule has 0 amide bonds. The normalized spacial score (nSPS) is 32.0. The van der Waals surface area contributed by atoms with E-state index in [0.29, 0.717) is 17.9 Å². The van der Waals surface area contributed by atoms with Crippen molar-refractivity contribution in [1.82, 2.24) is 9.80 Å². The molecule has 3 nitrogen and oxygen atoms in total. The molecule has 1 unspecified atom stereocenters. The molecular formula is C13H23N3. The Morgan fingerprint density at radius 3 is 2.56 bits per heavy atom. The number of nitrogens with zero attached hydrogens (tertiary/aromatic N) is 3. The highest BCUT2D eigenvalue weighted by molar-refractivity contribution is 4.96. The molecule has 2 fully saturated rings. The zero-order chi connectivity index (χ0) is 11.8. The van der Waals surface area contributed by atoms with Crippen LogP contribution in [-0.4, -0.2) is 48.6 Å². The Morgan fingerprint density at radius 2 is 2.00 bits per heavy atom. The van der Waals surface area contributed by atoms with Gasteiger partial charge in [0, 0.05) is 31.7 Å². The molecule has 1 aliphatic carbocycles. The first kappa shape index (κ1) is 11.9. The number of hydrogen-bond donors (Lipinski definition) is 0. The molecule has 0 radical (unpaired) electrons. The lowest BCUT2D eigenvalue weighted by molar-refractivity contribution is 0.188. The van der Waals surface area contributed by atoms with Crippen LogP contribution in [0.1, 0.15) is 33.1 Å². The average Bonchev–Trinajstić information content (AvgIpc) is 2.96. The van der Waals surface area contributed by atoms with Gasteiger partial charge in [0.15, 0.2) is 0 Å². The third kappa shape index (κ3) is 2.75. The predicted octanol–water partition coefficient (Wildman–Crippen LogP) is 1.70. The van der Waals surface area contributed by atoms with Crippen molar-refractivity contribution in [2.45, 2.75) is 45.2 Å². The van der Waals surface area contributed by atoms with Crippen LogP contribution in [0, 0.1) is 16.7 Å². The van der Waals surface area contributed by atoms with Crippen molar-refractivity contribution in [3.63, 3.8) is 0 Å².